The maximum atomic E-state index is 11.6. The van der Waals surface area contributed by atoms with Gasteiger partial charge >= 0.3 is 6.03 Å². The zero-order chi connectivity index (χ0) is 15.2. The molecule has 1 rings (SSSR count). The highest BCUT2D eigenvalue weighted by Crippen LogP contribution is 2.16. The van der Waals surface area contributed by atoms with Gasteiger partial charge in [-0.25, -0.2) is 4.79 Å². The Morgan fingerprint density at radius 1 is 0.952 bits per heavy atom. The van der Waals surface area contributed by atoms with E-state index >= 15 is 0 Å². The van der Waals surface area contributed by atoms with Crippen molar-refractivity contribution in [1.82, 2.24) is 10.6 Å². The van der Waals surface area contributed by atoms with Gasteiger partial charge in [-0.1, -0.05) is 19.3 Å². The van der Waals surface area contributed by atoms with Crippen LogP contribution in [-0.2, 0) is 14.2 Å². The molecule has 0 unspecified atom stereocenters. The summed E-state index contributed by atoms with van der Waals surface area (Å²) in [5.74, 6) is 0. The summed E-state index contributed by atoms with van der Waals surface area (Å²) in [7, 11) is 0. The zero-order valence-corrected chi connectivity index (χ0v) is 13.2. The number of rotatable bonds is 11. The Hall–Kier alpha value is -0.850. The highest BCUT2D eigenvalue weighted by Gasteiger charge is 2.14. The molecule has 0 spiro atoms. The lowest BCUT2D eigenvalue weighted by Gasteiger charge is -2.22. The predicted octanol–water partition coefficient (Wildman–Crippen LogP) is 1.69. The van der Waals surface area contributed by atoms with Gasteiger partial charge in [0.15, 0.2) is 0 Å². The van der Waals surface area contributed by atoms with Crippen LogP contribution in [-0.4, -0.2) is 58.3 Å². The Labute approximate surface area is 127 Å². The van der Waals surface area contributed by atoms with Gasteiger partial charge in [0, 0.05) is 19.2 Å². The van der Waals surface area contributed by atoms with Crippen LogP contribution < -0.4 is 10.6 Å². The Morgan fingerprint density at radius 3 is 2.24 bits per heavy atom. The molecule has 0 heterocycles. The van der Waals surface area contributed by atoms with Crippen LogP contribution in [0.25, 0.3) is 0 Å². The van der Waals surface area contributed by atoms with Gasteiger partial charge in [0.05, 0.1) is 33.0 Å². The third-order valence-electron chi connectivity index (χ3n) is 3.42. The summed E-state index contributed by atoms with van der Waals surface area (Å²) in [6.07, 6.45) is 5.93. The fourth-order valence-electron chi connectivity index (χ4n) is 2.30. The molecule has 0 atom stereocenters. The lowest BCUT2D eigenvalue weighted by molar-refractivity contribution is 0.0178. The quantitative estimate of drug-likeness (QED) is 0.570. The SMILES string of the molecule is CCOCCOCCOCCNC(=O)NC1CCCCC1. The molecule has 0 saturated heterocycles. The summed E-state index contributed by atoms with van der Waals surface area (Å²) in [6.45, 7) is 6.03. The van der Waals surface area contributed by atoms with Gasteiger partial charge in [-0.05, 0) is 19.8 Å². The van der Waals surface area contributed by atoms with Crippen molar-refractivity contribution in [2.24, 2.45) is 0 Å². The van der Waals surface area contributed by atoms with Crippen molar-refractivity contribution < 1.29 is 19.0 Å². The molecule has 0 aromatic carbocycles. The van der Waals surface area contributed by atoms with Crippen molar-refractivity contribution in [3.8, 4) is 0 Å². The summed E-state index contributed by atoms with van der Waals surface area (Å²) in [5, 5.41) is 5.82. The van der Waals surface area contributed by atoms with E-state index in [9.17, 15) is 4.79 Å². The fourth-order valence-corrected chi connectivity index (χ4v) is 2.30. The Morgan fingerprint density at radius 2 is 1.57 bits per heavy atom. The topological polar surface area (TPSA) is 68.8 Å². The third kappa shape index (κ3) is 10.5. The minimum atomic E-state index is -0.0848. The van der Waals surface area contributed by atoms with Crippen LogP contribution in [0.5, 0.6) is 0 Å². The summed E-state index contributed by atoms with van der Waals surface area (Å²) in [4.78, 5) is 11.6. The summed E-state index contributed by atoms with van der Waals surface area (Å²) >= 11 is 0. The number of amides is 2. The van der Waals surface area contributed by atoms with Crippen LogP contribution >= 0.6 is 0 Å². The maximum absolute atomic E-state index is 11.6. The number of urea groups is 1. The molecule has 6 nitrogen and oxygen atoms in total. The van der Waals surface area contributed by atoms with E-state index in [1.165, 1.54) is 19.3 Å². The van der Waals surface area contributed by atoms with Crippen molar-refractivity contribution in [2.45, 2.75) is 45.1 Å². The van der Waals surface area contributed by atoms with Gasteiger partial charge in [-0.2, -0.15) is 0 Å². The average Bonchev–Trinajstić information content (AvgIpc) is 2.50. The first-order chi connectivity index (χ1) is 10.3. The number of carbonyl (C=O) groups excluding carboxylic acids is 1. The molecule has 0 aromatic rings. The van der Waals surface area contributed by atoms with Gasteiger partial charge in [0.1, 0.15) is 0 Å². The van der Waals surface area contributed by atoms with E-state index in [1.807, 2.05) is 6.92 Å². The largest absolute Gasteiger partial charge is 0.379 e. The number of carbonyl (C=O) groups is 1. The molecule has 2 N–H and O–H groups in total. The minimum absolute atomic E-state index is 0.0848. The zero-order valence-electron chi connectivity index (χ0n) is 13.2. The lowest BCUT2D eigenvalue weighted by atomic mass is 9.96. The van der Waals surface area contributed by atoms with E-state index in [0.29, 0.717) is 52.2 Å². The number of hydrogen-bond acceptors (Lipinski definition) is 4. The highest BCUT2D eigenvalue weighted by atomic mass is 16.5. The molecule has 21 heavy (non-hydrogen) atoms. The molecule has 0 bridgehead atoms. The lowest BCUT2D eigenvalue weighted by Crippen LogP contribution is -2.43. The Kier molecular flexibility index (Phi) is 11.1. The van der Waals surface area contributed by atoms with E-state index in [1.54, 1.807) is 0 Å². The number of ether oxygens (including phenoxy) is 3. The average molecular weight is 302 g/mol. The van der Waals surface area contributed by atoms with Crippen LogP contribution in [0.2, 0.25) is 0 Å². The molecule has 1 fully saturated rings. The number of nitrogens with one attached hydrogen (secondary N) is 2. The van der Waals surface area contributed by atoms with Gasteiger partial charge in [-0.3, -0.25) is 0 Å². The van der Waals surface area contributed by atoms with E-state index in [2.05, 4.69) is 10.6 Å². The third-order valence-corrected chi connectivity index (χ3v) is 3.42. The molecule has 124 valence electrons. The van der Waals surface area contributed by atoms with E-state index in [4.69, 9.17) is 14.2 Å². The summed E-state index contributed by atoms with van der Waals surface area (Å²) in [5.41, 5.74) is 0. The number of hydrogen-bond donors (Lipinski definition) is 2. The fraction of sp³-hybridized carbons (Fsp3) is 0.933. The summed E-state index contributed by atoms with van der Waals surface area (Å²) in [6, 6.07) is 0.261. The van der Waals surface area contributed by atoms with Crippen molar-refractivity contribution in [2.75, 3.05) is 46.2 Å². The van der Waals surface area contributed by atoms with Crippen molar-refractivity contribution >= 4 is 6.03 Å². The molecule has 0 aliphatic heterocycles. The molecule has 1 aliphatic rings. The monoisotopic (exact) mass is 302 g/mol. The molecule has 1 aliphatic carbocycles. The first-order valence-electron chi connectivity index (χ1n) is 8.10. The van der Waals surface area contributed by atoms with Crippen molar-refractivity contribution in [3.63, 3.8) is 0 Å². The van der Waals surface area contributed by atoms with Gasteiger partial charge in [0.2, 0.25) is 0 Å². The molecule has 0 aromatic heterocycles. The smallest absolute Gasteiger partial charge is 0.315 e. The first kappa shape index (κ1) is 18.2. The van der Waals surface area contributed by atoms with Gasteiger partial charge in [0.25, 0.3) is 0 Å². The van der Waals surface area contributed by atoms with Crippen molar-refractivity contribution in [1.29, 1.82) is 0 Å². The van der Waals surface area contributed by atoms with E-state index < -0.39 is 0 Å². The second-order valence-corrected chi connectivity index (χ2v) is 5.16. The van der Waals surface area contributed by atoms with Crippen LogP contribution in [0.3, 0.4) is 0 Å². The van der Waals surface area contributed by atoms with Crippen LogP contribution in [0, 0.1) is 0 Å². The molecule has 1 saturated carbocycles. The minimum Gasteiger partial charge on any atom is -0.379 e. The first-order valence-corrected chi connectivity index (χ1v) is 8.10. The Bertz CT molecular complexity index is 258. The van der Waals surface area contributed by atoms with Crippen LogP contribution in [0.15, 0.2) is 0 Å². The van der Waals surface area contributed by atoms with Gasteiger partial charge < -0.3 is 24.8 Å². The molecular weight excluding hydrogens is 272 g/mol. The maximum Gasteiger partial charge on any atom is 0.315 e. The molecule has 2 amide bonds. The van der Waals surface area contributed by atoms with Crippen LogP contribution in [0.4, 0.5) is 4.79 Å². The second kappa shape index (κ2) is 12.9. The predicted molar refractivity (Wildman–Crippen MR) is 81.5 cm³/mol. The highest BCUT2D eigenvalue weighted by molar-refractivity contribution is 5.74. The van der Waals surface area contributed by atoms with E-state index in [-0.39, 0.29) is 6.03 Å². The van der Waals surface area contributed by atoms with E-state index in [0.717, 1.165) is 12.8 Å². The van der Waals surface area contributed by atoms with Crippen LogP contribution in [0.1, 0.15) is 39.0 Å². The molecule has 0 radical (unpaired) electrons. The second-order valence-electron chi connectivity index (χ2n) is 5.16. The molecular formula is C15H30N2O4. The molecule has 6 heteroatoms. The standard InChI is InChI=1S/C15H30N2O4/c1-2-19-10-11-21-13-12-20-9-8-16-15(18)17-14-6-4-3-5-7-14/h14H,2-13H2,1H3,(H2,16,17,18). The van der Waals surface area contributed by atoms with Gasteiger partial charge in [-0.15, -0.1) is 0 Å². The normalized spacial score (nSPS) is 15.9. The summed E-state index contributed by atoms with van der Waals surface area (Å²) < 4.78 is 15.8. The Balaban J connectivity index is 1.81. The van der Waals surface area contributed by atoms with Crippen molar-refractivity contribution in [3.05, 3.63) is 0 Å².